The summed E-state index contributed by atoms with van der Waals surface area (Å²) < 4.78 is 29.0. The van der Waals surface area contributed by atoms with Gasteiger partial charge in [0, 0.05) is 35.9 Å². The van der Waals surface area contributed by atoms with Crippen molar-refractivity contribution in [1.82, 2.24) is 19.3 Å². The molecule has 2 aromatic carbocycles. The van der Waals surface area contributed by atoms with Crippen LogP contribution >= 0.6 is 23.2 Å². The van der Waals surface area contributed by atoms with Crippen LogP contribution in [0.1, 0.15) is 6.42 Å². The van der Waals surface area contributed by atoms with Gasteiger partial charge in [-0.1, -0.05) is 53.5 Å². The predicted octanol–water partition coefficient (Wildman–Crippen LogP) is 3.28. The Morgan fingerprint density at radius 2 is 1.72 bits per heavy atom. The van der Waals surface area contributed by atoms with Crippen molar-refractivity contribution in [2.45, 2.75) is 11.3 Å². The second kappa shape index (κ2) is 9.50. The molecule has 0 saturated heterocycles. The normalized spacial score (nSPS) is 11.7. The fraction of sp³-hybridized carbons (Fsp3) is 0.143. The largest absolute Gasteiger partial charge is 0.370 e. The van der Waals surface area contributed by atoms with E-state index >= 15 is 0 Å². The monoisotopic (exact) mass is 485 g/mol. The first kappa shape index (κ1) is 22.6. The average molecular weight is 486 g/mol. The molecule has 0 amide bonds. The first-order valence-corrected chi connectivity index (χ1v) is 12.0. The highest BCUT2D eigenvalue weighted by Gasteiger charge is 2.16. The lowest BCUT2D eigenvalue weighted by Crippen LogP contribution is -2.26. The number of nitrogens with zero attached hydrogens (tertiary/aromatic N) is 3. The molecule has 0 spiro atoms. The number of fused-ring (bicyclic) bond motifs is 1. The van der Waals surface area contributed by atoms with Gasteiger partial charge < -0.3 is 5.32 Å². The van der Waals surface area contributed by atoms with E-state index in [4.69, 9.17) is 31.0 Å². The minimum Gasteiger partial charge on any atom is -0.370 e. The summed E-state index contributed by atoms with van der Waals surface area (Å²) in [5.41, 5.74) is 2.36. The van der Waals surface area contributed by atoms with Crippen LogP contribution in [0.5, 0.6) is 0 Å². The van der Waals surface area contributed by atoms with Crippen molar-refractivity contribution in [2.24, 2.45) is 0 Å². The molecule has 4 aromatic rings. The number of halogens is 2. The molecule has 2 heterocycles. The molecule has 11 heteroatoms. The number of benzene rings is 2. The highest BCUT2D eigenvalue weighted by Crippen LogP contribution is 2.28. The van der Waals surface area contributed by atoms with Crippen molar-refractivity contribution in [3.8, 4) is 11.3 Å². The first-order chi connectivity index (χ1) is 15.4. The van der Waals surface area contributed by atoms with Crippen molar-refractivity contribution in [2.75, 3.05) is 18.4 Å². The Morgan fingerprint density at radius 3 is 2.47 bits per heavy atom. The maximum absolute atomic E-state index is 12.4. The summed E-state index contributed by atoms with van der Waals surface area (Å²) >= 11 is 12.3. The lowest BCUT2D eigenvalue weighted by atomic mass is 10.0. The molecule has 2 aromatic heterocycles. The lowest BCUT2D eigenvalue weighted by Gasteiger charge is -2.12. The minimum atomic E-state index is -3.68. The number of sulfonamides is 1. The van der Waals surface area contributed by atoms with E-state index in [0.29, 0.717) is 40.6 Å². The number of hydrogen-bond acceptors (Lipinski definition) is 5. The molecule has 0 aliphatic heterocycles. The molecule has 0 atom stereocenters. The molecular weight excluding hydrogens is 468 g/mol. The van der Waals surface area contributed by atoms with Gasteiger partial charge in [-0.2, -0.15) is 9.61 Å². The van der Waals surface area contributed by atoms with Crippen LogP contribution in [0, 0.1) is 0 Å². The van der Waals surface area contributed by atoms with Gasteiger partial charge in [0.2, 0.25) is 10.0 Å². The van der Waals surface area contributed by atoms with E-state index < -0.39 is 10.0 Å². The molecule has 2 N–H and O–H groups in total. The van der Waals surface area contributed by atoms with Crippen LogP contribution in [-0.2, 0) is 10.0 Å². The van der Waals surface area contributed by atoms with E-state index in [1.54, 1.807) is 28.8 Å². The SMILES string of the molecule is [B]c1cnn2c(NCCCNS(=O)(=O)c3ccccc3Cl)cc(-c3ccccc3Cl)nc12. The van der Waals surface area contributed by atoms with Gasteiger partial charge in [-0.05, 0) is 30.1 Å². The standard InChI is InChI=1S/C21H18BCl2N5O2S/c22-15-13-26-29-20(12-18(28-21(15)29)14-6-1-2-7-16(14)23)25-10-5-11-27-32(30,31)19-9-4-3-8-17(19)24/h1-4,6-9,12-13,25,27H,5,10-11H2. The van der Waals surface area contributed by atoms with Crippen LogP contribution < -0.4 is 15.5 Å². The number of nitrogens with one attached hydrogen (secondary N) is 2. The molecule has 0 saturated carbocycles. The second-order valence-electron chi connectivity index (χ2n) is 6.95. The Bertz CT molecular complexity index is 1380. The van der Waals surface area contributed by atoms with Crippen LogP contribution in [0.15, 0.2) is 65.7 Å². The first-order valence-electron chi connectivity index (χ1n) is 9.74. The lowest BCUT2D eigenvalue weighted by molar-refractivity contribution is 0.580. The van der Waals surface area contributed by atoms with Gasteiger partial charge in [0.25, 0.3) is 0 Å². The third-order valence-corrected chi connectivity index (χ3v) is 7.02. The van der Waals surface area contributed by atoms with Crippen molar-refractivity contribution in [3.05, 3.63) is 70.8 Å². The van der Waals surface area contributed by atoms with E-state index in [2.05, 4.69) is 20.1 Å². The summed E-state index contributed by atoms with van der Waals surface area (Å²) in [5.74, 6) is 0.663. The van der Waals surface area contributed by atoms with Gasteiger partial charge >= 0.3 is 0 Å². The van der Waals surface area contributed by atoms with Crippen LogP contribution in [0.25, 0.3) is 16.9 Å². The van der Waals surface area contributed by atoms with Gasteiger partial charge in [0.15, 0.2) is 5.65 Å². The zero-order valence-corrected chi connectivity index (χ0v) is 19.1. The maximum Gasteiger partial charge on any atom is 0.242 e. The van der Waals surface area contributed by atoms with Crippen molar-refractivity contribution < 1.29 is 8.42 Å². The Morgan fingerprint density at radius 1 is 1.00 bits per heavy atom. The molecular formula is C21H18BCl2N5O2S. The minimum absolute atomic E-state index is 0.0573. The maximum atomic E-state index is 12.4. The van der Waals surface area contributed by atoms with Gasteiger partial charge in [0.1, 0.15) is 18.6 Å². The van der Waals surface area contributed by atoms with Gasteiger partial charge in [-0.3, -0.25) is 0 Å². The third-order valence-electron chi connectivity index (χ3n) is 4.73. The van der Waals surface area contributed by atoms with E-state index in [0.717, 1.165) is 5.56 Å². The molecule has 0 unspecified atom stereocenters. The zero-order chi connectivity index (χ0) is 22.7. The van der Waals surface area contributed by atoms with E-state index in [1.807, 2.05) is 24.3 Å². The summed E-state index contributed by atoms with van der Waals surface area (Å²) in [7, 11) is 2.34. The van der Waals surface area contributed by atoms with Crippen LogP contribution in [0.2, 0.25) is 10.0 Å². The number of aromatic nitrogens is 3. The summed E-state index contributed by atoms with van der Waals surface area (Å²) in [4.78, 5) is 4.65. The van der Waals surface area contributed by atoms with E-state index in [1.165, 1.54) is 12.3 Å². The van der Waals surface area contributed by atoms with Gasteiger partial charge in [-0.25, -0.2) is 18.1 Å². The molecule has 0 aliphatic carbocycles. The second-order valence-corrected chi connectivity index (χ2v) is 9.50. The summed E-state index contributed by atoms with van der Waals surface area (Å²) in [6.07, 6.45) is 2.05. The fourth-order valence-corrected chi connectivity index (χ4v) is 4.99. The van der Waals surface area contributed by atoms with Gasteiger partial charge in [-0.15, -0.1) is 0 Å². The summed E-state index contributed by atoms with van der Waals surface area (Å²) in [6, 6.07) is 15.5. The summed E-state index contributed by atoms with van der Waals surface area (Å²) in [6.45, 7) is 0.708. The van der Waals surface area contributed by atoms with Crippen LogP contribution in [-0.4, -0.2) is 44.0 Å². The van der Waals surface area contributed by atoms with Crippen molar-refractivity contribution >= 4 is 58.0 Å². The Balaban J connectivity index is 1.47. The number of anilines is 1. The smallest absolute Gasteiger partial charge is 0.242 e. The average Bonchev–Trinajstić information content (AvgIpc) is 3.15. The Hall–Kier alpha value is -2.59. The van der Waals surface area contributed by atoms with E-state index in [9.17, 15) is 8.42 Å². The topological polar surface area (TPSA) is 88.4 Å². The van der Waals surface area contributed by atoms with E-state index in [-0.39, 0.29) is 16.5 Å². The Kier molecular flexibility index (Phi) is 6.71. The number of rotatable bonds is 8. The molecule has 4 rings (SSSR count). The number of hydrogen-bond donors (Lipinski definition) is 2. The van der Waals surface area contributed by atoms with Crippen molar-refractivity contribution in [3.63, 3.8) is 0 Å². The fourth-order valence-electron chi connectivity index (χ4n) is 3.16. The Labute approximate surface area is 197 Å². The molecule has 0 aliphatic rings. The van der Waals surface area contributed by atoms with Crippen molar-refractivity contribution in [1.29, 1.82) is 0 Å². The molecule has 2 radical (unpaired) electrons. The predicted molar refractivity (Wildman–Crippen MR) is 129 cm³/mol. The quantitative estimate of drug-likeness (QED) is 0.295. The summed E-state index contributed by atoms with van der Waals surface area (Å²) in [5, 5.41) is 8.29. The third kappa shape index (κ3) is 4.76. The van der Waals surface area contributed by atoms with Gasteiger partial charge in [0.05, 0.1) is 10.7 Å². The molecule has 32 heavy (non-hydrogen) atoms. The highest BCUT2D eigenvalue weighted by molar-refractivity contribution is 7.89. The highest BCUT2D eigenvalue weighted by atomic mass is 35.5. The molecule has 0 bridgehead atoms. The molecule has 162 valence electrons. The molecule has 0 fully saturated rings. The molecule has 7 nitrogen and oxygen atoms in total. The van der Waals surface area contributed by atoms with Crippen LogP contribution in [0.3, 0.4) is 0 Å². The zero-order valence-electron chi connectivity index (χ0n) is 16.8. The van der Waals surface area contributed by atoms with Crippen LogP contribution in [0.4, 0.5) is 5.82 Å².